The van der Waals surface area contributed by atoms with E-state index in [1.807, 2.05) is 6.07 Å². The highest BCUT2D eigenvalue weighted by molar-refractivity contribution is 7.99. The van der Waals surface area contributed by atoms with Gasteiger partial charge < -0.3 is 14.5 Å². The molecule has 0 unspecified atom stereocenters. The second kappa shape index (κ2) is 9.90. The minimum absolute atomic E-state index is 0.160. The predicted octanol–water partition coefficient (Wildman–Crippen LogP) is 5.01. The van der Waals surface area contributed by atoms with Crippen molar-refractivity contribution in [3.05, 3.63) is 48.3 Å². The molecule has 2 fully saturated rings. The Morgan fingerprint density at radius 2 is 1.61 bits per heavy atom. The molecule has 0 radical (unpaired) electrons. The highest BCUT2D eigenvalue weighted by Crippen LogP contribution is 2.48. The van der Waals surface area contributed by atoms with Crippen LogP contribution in [0, 0.1) is 5.82 Å². The first-order chi connectivity index (χ1) is 15.3. The van der Waals surface area contributed by atoms with Crippen LogP contribution in [-0.4, -0.2) is 68.3 Å². The fourth-order valence-electron chi connectivity index (χ4n) is 5.10. The van der Waals surface area contributed by atoms with Crippen LogP contribution in [0.5, 0.6) is 0 Å². The number of hydrogen-bond acceptors (Lipinski definition) is 5. The summed E-state index contributed by atoms with van der Waals surface area (Å²) >= 11 is 1.74. The number of fused-ring (bicyclic) bond motifs is 2. The number of morpholine rings is 1. The zero-order valence-electron chi connectivity index (χ0n) is 18.1. The van der Waals surface area contributed by atoms with Gasteiger partial charge in [-0.3, -0.25) is 4.90 Å². The Balaban J connectivity index is 1.13. The van der Waals surface area contributed by atoms with Crippen LogP contribution < -0.4 is 4.90 Å². The average molecular weight is 442 g/mol. The summed E-state index contributed by atoms with van der Waals surface area (Å²) < 4.78 is 19.5. The number of ether oxygens (including phenoxy) is 1. The van der Waals surface area contributed by atoms with Gasteiger partial charge in [0.05, 0.1) is 24.6 Å². The smallest absolute Gasteiger partial charge is 0.125 e. The number of hydrogen-bond donors (Lipinski definition) is 0. The van der Waals surface area contributed by atoms with Gasteiger partial charge >= 0.3 is 0 Å². The van der Waals surface area contributed by atoms with E-state index in [-0.39, 0.29) is 5.82 Å². The summed E-state index contributed by atoms with van der Waals surface area (Å²) in [7, 11) is 0. The number of anilines is 2. The van der Waals surface area contributed by atoms with Gasteiger partial charge in [-0.05, 0) is 75.6 Å². The SMILES string of the molecule is Fc1ccc2c(c1)N(CCCCN1CCC(N3CCOCC3)CC1)c1ccccc1S2. The van der Waals surface area contributed by atoms with Gasteiger partial charge in [0.15, 0.2) is 0 Å². The Hall–Kier alpha value is -1.60. The lowest BCUT2D eigenvalue weighted by molar-refractivity contribution is 0.000827. The third-order valence-electron chi connectivity index (χ3n) is 6.81. The van der Waals surface area contributed by atoms with Crippen molar-refractivity contribution in [2.24, 2.45) is 0 Å². The lowest BCUT2D eigenvalue weighted by Gasteiger charge is -2.40. The Morgan fingerprint density at radius 3 is 2.45 bits per heavy atom. The highest BCUT2D eigenvalue weighted by atomic mass is 32.2. The fraction of sp³-hybridized carbons (Fsp3) is 0.520. The third kappa shape index (κ3) is 4.92. The van der Waals surface area contributed by atoms with Crippen molar-refractivity contribution in [1.29, 1.82) is 0 Å². The zero-order chi connectivity index (χ0) is 21.0. The summed E-state index contributed by atoms with van der Waals surface area (Å²) in [5.74, 6) is -0.160. The van der Waals surface area contributed by atoms with Gasteiger partial charge in [-0.25, -0.2) is 4.39 Å². The molecular formula is C25H32FN3OS. The Labute approximate surface area is 189 Å². The molecule has 4 nitrogen and oxygen atoms in total. The summed E-state index contributed by atoms with van der Waals surface area (Å²) in [6, 6.07) is 14.4. The molecule has 0 amide bonds. The van der Waals surface area contributed by atoms with Gasteiger partial charge in [-0.2, -0.15) is 0 Å². The number of para-hydroxylation sites is 1. The van der Waals surface area contributed by atoms with Crippen molar-refractivity contribution in [1.82, 2.24) is 9.80 Å². The summed E-state index contributed by atoms with van der Waals surface area (Å²) in [6.45, 7) is 8.49. The molecule has 0 atom stereocenters. The first kappa shape index (κ1) is 21.3. The van der Waals surface area contributed by atoms with Crippen LogP contribution in [0.15, 0.2) is 52.3 Å². The van der Waals surface area contributed by atoms with Gasteiger partial charge in [0.2, 0.25) is 0 Å². The predicted molar refractivity (Wildman–Crippen MR) is 125 cm³/mol. The number of unbranched alkanes of at least 4 members (excludes halogenated alkanes) is 1. The minimum Gasteiger partial charge on any atom is -0.379 e. The van der Waals surface area contributed by atoms with Gasteiger partial charge in [0.1, 0.15) is 5.82 Å². The molecule has 0 N–H and O–H groups in total. The van der Waals surface area contributed by atoms with E-state index in [0.717, 1.165) is 62.4 Å². The standard InChI is InChI=1S/C25H32FN3OS/c26-20-7-8-25-23(19-20)29(22-5-1-2-6-24(22)31-25)12-4-3-11-27-13-9-21(10-14-27)28-15-17-30-18-16-28/h1-2,5-8,19,21H,3-4,9-18H2. The maximum Gasteiger partial charge on any atom is 0.125 e. The number of piperidine rings is 1. The monoisotopic (exact) mass is 441 g/mol. The van der Waals surface area contributed by atoms with Crippen molar-refractivity contribution in [3.63, 3.8) is 0 Å². The van der Waals surface area contributed by atoms with Crippen molar-refractivity contribution in [2.75, 3.05) is 57.4 Å². The van der Waals surface area contributed by atoms with E-state index in [2.05, 4.69) is 39.0 Å². The molecule has 0 aliphatic carbocycles. The van der Waals surface area contributed by atoms with E-state index in [1.165, 1.54) is 42.9 Å². The molecule has 5 rings (SSSR count). The van der Waals surface area contributed by atoms with Crippen molar-refractivity contribution in [2.45, 2.75) is 41.5 Å². The van der Waals surface area contributed by atoms with Crippen LogP contribution in [0.3, 0.4) is 0 Å². The summed E-state index contributed by atoms with van der Waals surface area (Å²) in [5.41, 5.74) is 2.21. The van der Waals surface area contributed by atoms with E-state index in [0.29, 0.717) is 0 Å². The molecule has 0 aromatic heterocycles. The van der Waals surface area contributed by atoms with Crippen molar-refractivity contribution < 1.29 is 9.13 Å². The van der Waals surface area contributed by atoms with Gasteiger partial charge in [0.25, 0.3) is 0 Å². The second-order valence-electron chi connectivity index (χ2n) is 8.76. The molecule has 0 saturated carbocycles. The summed E-state index contributed by atoms with van der Waals surface area (Å²) in [6.07, 6.45) is 4.85. The molecule has 2 aromatic rings. The Morgan fingerprint density at radius 1 is 0.871 bits per heavy atom. The van der Waals surface area contributed by atoms with E-state index in [9.17, 15) is 4.39 Å². The van der Waals surface area contributed by atoms with Crippen molar-refractivity contribution >= 4 is 23.1 Å². The average Bonchev–Trinajstić information content (AvgIpc) is 2.82. The second-order valence-corrected chi connectivity index (χ2v) is 9.85. The first-order valence-electron chi connectivity index (χ1n) is 11.7. The van der Waals surface area contributed by atoms with Gasteiger partial charge in [-0.15, -0.1) is 0 Å². The number of benzene rings is 2. The van der Waals surface area contributed by atoms with Crippen LogP contribution in [0.4, 0.5) is 15.8 Å². The van der Waals surface area contributed by atoms with Crippen molar-refractivity contribution in [3.8, 4) is 0 Å². The van der Waals surface area contributed by atoms with Gasteiger partial charge in [0, 0.05) is 35.5 Å². The molecule has 3 heterocycles. The lowest BCUT2D eigenvalue weighted by Crippen LogP contribution is -2.49. The van der Waals surface area contributed by atoms with Crippen LogP contribution in [0.25, 0.3) is 0 Å². The normalized spacial score (nSPS) is 20.5. The molecule has 0 bridgehead atoms. The molecule has 0 spiro atoms. The highest BCUT2D eigenvalue weighted by Gasteiger charge is 2.26. The Kier molecular flexibility index (Phi) is 6.79. The van der Waals surface area contributed by atoms with Gasteiger partial charge in [-0.1, -0.05) is 23.9 Å². The molecule has 3 aliphatic heterocycles. The minimum atomic E-state index is -0.160. The quantitative estimate of drug-likeness (QED) is 0.586. The van der Waals surface area contributed by atoms with Crippen LogP contribution >= 0.6 is 11.8 Å². The molecule has 3 aliphatic rings. The fourth-order valence-corrected chi connectivity index (χ4v) is 6.18. The Bertz CT molecular complexity index is 881. The molecular weight excluding hydrogens is 409 g/mol. The summed E-state index contributed by atoms with van der Waals surface area (Å²) in [5, 5.41) is 0. The maximum atomic E-state index is 14.0. The van der Waals surface area contributed by atoms with E-state index in [4.69, 9.17) is 4.74 Å². The lowest BCUT2D eigenvalue weighted by atomic mass is 10.0. The topological polar surface area (TPSA) is 19.0 Å². The molecule has 166 valence electrons. The van der Waals surface area contributed by atoms with Crippen LogP contribution in [0.2, 0.25) is 0 Å². The molecule has 2 aromatic carbocycles. The summed E-state index contributed by atoms with van der Waals surface area (Å²) in [4.78, 5) is 9.97. The maximum absolute atomic E-state index is 14.0. The first-order valence-corrected chi connectivity index (χ1v) is 12.5. The van der Waals surface area contributed by atoms with Crippen LogP contribution in [-0.2, 0) is 4.74 Å². The number of likely N-dealkylation sites (tertiary alicyclic amines) is 1. The van der Waals surface area contributed by atoms with E-state index < -0.39 is 0 Å². The molecule has 31 heavy (non-hydrogen) atoms. The largest absolute Gasteiger partial charge is 0.379 e. The zero-order valence-corrected chi connectivity index (χ0v) is 19.0. The number of rotatable bonds is 6. The van der Waals surface area contributed by atoms with E-state index in [1.54, 1.807) is 23.9 Å². The van der Waals surface area contributed by atoms with Crippen LogP contribution in [0.1, 0.15) is 25.7 Å². The molecule has 2 saturated heterocycles. The number of halogens is 1. The van der Waals surface area contributed by atoms with E-state index >= 15 is 0 Å². The molecule has 6 heteroatoms. The number of nitrogens with zero attached hydrogens (tertiary/aromatic N) is 3. The third-order valence-corrected chi connectivity index (χ3v) is 7.94.